The quantitative estimate of drug-likeness (QED) is 0.804. The molecule has 1 aromatic carbocycles. The van der Waals surface area contributed by atoms with Crippen molar-refractivity contribution in [3.05, 3.63) is 23.8 Å². The number of nitrogens with two attached hydrogens (primary N) is 1. The predicted octanol–water partition coefficient (Wildman–Crippen LogP) is 2.72. The van der Waals surface area contributed by atoms with E-state index in [0.29, 0.717) is 6.04 Å². The molecule has 1 fully saturated rings. The summed E-state index contributed by atoms with van der Waals surface area (Å²) >= 11 is 0. The molecule has 0 bridgehead atoms. The average Bonchev–Trinajstić information content (AvgIpc) is 2.77. The molecule has 1 heterocycles. The van der Waals surface area contributed by atoms with Gasteiger partial charge in [0.2, 0.25) is 0 Å². The highest BCUT2D eigenvalue weighted by atomic mass is 15.2. The highest BCUT2D eigenvalue weighted by Crippen LogP contribution is 2.24. The molecule has 1 aliphatic rings. The van der Waals surface area contributed by atoms with Crippen LogP contribution in [0.3, 0.4) is 0 Å². The molecule has 1 aromatic rings. The number of nitrogen functional groups attached to an aromatic ring is 1. The molecule has 0 aromatic heterocycles. The summed E-state index contributed by atoms with van der Waals surface area (Å²) in [6.45, 7) is 10.1. The molecule has 0 spiro atoms. The molecule has 2 rings (SSSR count). The zero-order valence-electron chi connectivity index (χ0n) is 11.7. The standard InChI is InChI=1S/C15H25N3/c1-11(2)18-8-7-13(10-18)9-17-15-12(3)5-4-6-14(15)16/h4-6,11,13,17H,7-10,16H2,1-3H3. The van der Waals surface area contributed by atoms with Crippen LogP contribution in [0.25, 0.3) is 0 Å². The Morgan fingerprint density at radius 1 is 1.44 bits per heavy atom. The van der Waals surface area contributed by atoms with Gasteiger partial charge in [0, 0.05) is 19.1 Å². The lowest BCUT2D eigenvalue weighted by Crippen LogP contribution is -2.29. The fourth-order valence-electron chi connectivity index (χ4n) is 2.68. The van der Waals surface area contributed by atoms with Gasteiger partial charge in [-0.2, -0.15) is 0 Å². The summed E-state index contributed by atoms with van der Waals surface area (Å²) in [7, 11) is 0. The molecular formula is C15H25N3. The molecule has 100 valence electrons. The number of anilines is 2. The molecule has 3 heteroatoms. The smallest absolute Gasteiger partial charge is 0.0603 e. The number of aryl methyl sites for hydroxylation is 1. The van der Waals surface area contributed by atoms with Gasteiger partial charge in [-0.25, -0.2) is 0 Å². The first kappa shape index (κ1) is 13.2. The Balaban J connectivity index is 1.89. The van der Waals surface area contributed by atoms with E-state index in [4.69, 9.17) is 5.73 Å². The van der Waals surface area contributed by atoms with E-state index >= 15 is 0 Å². The van der Waals surface area contributed by atoms with Gasteiger partial charge in [-0.1, -0.05) is 12.1 Å². The summed E-state index contributed by atoms with van der Waals surface area (Å²) in [6.07, 6.45) is 1.29. The van der Waals surface area contributed by atoms with Crippen molar-refractivity contribution in [1.82, 2.24) is 4.90 Å². The summed E-state index contributed by atoms with van der Waals surface area (Å²) in [4.78, 5) is 2.55. The van der Waals surface area contributed by atoms with Gasteiger partial charge in [0.25, 0.3) is 0 Å². The normalized spacial score (nSPS) is 20.6. The van der Waals surface area contributed by atoms with Crippen LogP contribution in [0.1, 0.15) is 25.8 Å². The van der Waals surface area contributed by atoms with Gasteiger partial charge < -0.3 is 16.0 Å². The van der Waals surface area contributed by atoms with Gasteiger partial charge in [0.1, 0.15) is 0 Å². The first-order valence-corrected chi connectivity index (χ1v) is 6.91. The maximum absolute atomic E-state index is 6.01. The second-order valence-corrected chi connectivity index (χ2v) is 5.66. The number of hydrogen-bond acceptors (Lipinski definition) is 3. The zero-order valence-corrected chi connectivity index (χ0v) is 11.7. The third kappa shape index (κ3) is 2.96. The topological polar surface area (TPSA) is 41.3 Å². The van der Waals surface area contributed by atoms with Crippen LogP contribution in [-0.2, 0) is 0 Å². The number of nitrogens with zero attached hydrogens (tertiary/aromatic N) is 1. The highest BCUT2D eigenvalue weighted by molar-refractivity contribution is 5.69. The number of hydrogen-bond donors (Lipinski definition) is 2. The molecule has 18 heavy (non-hydrogen) atoms. The minimum absolute atomic E-state index is 0.665. The summed E-state index contributed by atoms with van der Waals surface area (Å²) < 4.78 is 0. The van der Waals surface area contributed by atoms with Crippen LogP contribution in [0, 0.1) is 12.8 Å². The molecule has 3 N–H and O–H groups in total. The summed E-state index contributed by atoms with van der Waals surface area (Å²) in [5.41, 5.74) is 9.21. The first-order chi connectivity index (χ1) is 8.58. The monoisotopic (exact) mass is 247 g/mol. The van der Waals surface area contributed by atoms with Crippen molar-refractivity contribution in [2.75, 3.05) is 30.7 Å². The number of rotatable bonds is 4. The SMILES string of the molecule is Cc1cccc(N)c1NCC1CCN(C(C)C)C1. The third-order valence-corrected chi connectivity index (χ3v) is 3.92. The molecule has 1 atom stereocenters. The summed E-state index contributed by atoms with van der Waals surface area (Å²) in [5.74, 6) is 0.742. The molecule has 0 aliphatic carbocycles. The van der Waals surface area contributed by atoms with E-state index < -0.39 is 0 Å². The van der Waals surface area contributed by atoms with Crippen LogP contribution >= 0.6 is 0 Å². The molecule has 0 amide bonds. The molecule has 0 saturated carbocycles. The molecule has 1 saturated heterocycles. The second-order valence-electron chi connectivity index (χ2n) is 5.66. The van der Waals surface area contributed by atoms with Gasteiger partial charge in [0.05, 0.1) is 11.4 Å². The summed E-state index contributed by atoms with van der Waals surface area (Å²) in [6, 6.07) is 6.74. The van der Waals surface area contributed by atoms with Crippen LogP contribution in [0.15, 0.2) is 18.2 Å². The predicted molar refractivity (Wildman–Crippen MR) is 78.9 cm³/mol. The molecule has 0 radical (unpaired) electrons. The van der Waals surface area contributed by atoms with E-state index in [1.54, 1.807) is 0 Å². The van der Waals surface area contributed by atoms with Crippen LogP contribution in [0.4, 0.5) is 11.4 Å². The van der Waals surface area contributed by atoms with Gasteiger partial charge in [-0.3, -0.25) is 0 Å². The maximum Gasteiger partial charge on any atom is 0.0603 e. The van der Waals surface area contributed by atoms with Crippen molar-refractivity contribution in [2.24, 2.45) is 5.92 Å². The zero-order chi connectivity index (χ0) is 13.1. The Hall–Kier alpha value is -1.22. The van der Waals surface area contributed by atoms with E-state index in [-0.39, 0.29) is 0 Å². The van der Waals surface area contributed by atoms with Gasteiger partial charge >= 0.3 is 0 Å². The molecular weight excluding hydrogens is 222 g/mol. The van der Waals surface area contributed by atoms with E-state index in [1.807, 2.05) is 12.1 Å². The third-order valence-electron chi connectivity index (χ3n) is 3.92. The van der Waals surface area contributed by atoms with Crippen LogP contribution in [-0.4, -0.2) is 30.6 Å². The van der Waals surface area contributed by atoms with Crippen molar-refractivity contribution >= 4 is 11.4 Å². The number of likely N-dealkylation sites (tertiary alicyclic amines) is 1. The number of para-hydroxylation sites is 1. The van der Waals surface area contributed by atoms with Crippen molar-refractivity contribution in [3.8, 4) is 0 Å². The van der Waals surface area contributed by atoms with Crippen LogP contribution < -0.4 is 11.1 Å². The Bertz CT molecular complexity index is 380. The van der Waals surface area contributed by atoms with Gasteiger partial charge in [-0.05, 0) is 51.3 Å². The average molecular weight is 247 g/mol. The van der Waals surface area contributed by atoms with Crippen molar-refractivity contribution in [3.63, 3.8) is 0 Å². The lowest BCUT2D eigenvalue weighted by molar-refractivity contribution is 0.266. The summed E-state index contributed by atoms with van der Waals surface area (Å²) in [5, 5.41) is 3.53. The highest BCUT2D eigenvalue weighted by Gasteiger charge is 2.23. The van der Waals surface area contributed by atoms with Crippen LogP contribution in [0.5, 0.6) is 0 Å². The van der Waals surface area contributed by atoms with Crippen molar-refractivity contribution < 1.29 is 0 Å². The Morgan fingerprint density at radius 3 is 2.83 bits per heavy atom. The fourth-order valence-corrected chi connectivity index (χ4v) is 2.68. The second kappa shape index (κ2) is 5.61. The minimum Gasteiger partial charge on any atom is -0.397 e. The van der Waals surface area contributed by atoms with Gasteiger partial charge in [0.15, 0.2) is 0 Å². The number of benzene rings is 1. The van der Waals surface area contributed by atoms with E-state index in [1.165, 1.54) is 25.1 Å². The fraction of sp³-hybridized carbons (Fsp3) is 0.600. The Kier molecular flexibility index (Phi) is 4.12. The van der Waals surface area contributed by atoms with Crippen molar-refractivity contribution in [2.45, 2.75) is 33.2 Å². The van der Waals surface area contributed by atoms with Crippen molar-refractivity contribution in [1.29, 1.82) is 0 Å². The van der Waals surface area contributed by atoms with Gasteiger partial charge in [-0.15, -0.1) is 0 Å². The lowest BCUT2D eigenvalue weighted by Gasteiger charge is -2.21. The largest absolute Gasteiger partial charge is 0.397 e. The van der Waals surface area contributed by atoms with E-state index in [2.05, 4.69) is 37.1 Å². The number of nitrogens with one attached hydrogen (secondary N) is 1. The van der Waals surface area contributed by atoms with Crippen LogP contribution in [0.2, 0.25) is 0 Å². The Morgan fingerprint density at radius 2 is 2.22 bits per heavy atom. The maximum atomic E-state index is 6.01. The molecule has 3 nitrogen and oxygen atoms in total. The lowest BCUT2D eigenvalue weighted by atomic mass is 10.1. The first-order valence-electron chi connectivity index (χ1n) is 6.91. The van der Waals surface area contributed by atoms with E-state index in [9.17, 15) is 0 Å². The minimum atomic E-state index is 0.665. The van der Waals surface area contributed by atoms with E-state index in [0.717, 1.165) is 23.8 Å². The molecule has 1 aliphatic heterocycles. The Labute approximate surface area is 110 Å². The molecule has 1 unspecified atom stereocenters.